The van der Waals surface area contributed by atoms with E-state index in [0.29, 0.717) is 17.3 Å². The summed E-state index contributed by atoms with van der Waals surface area (Å²) in [6.45, 7) is 0. The van der Waals surface area contributed by atoms with Crippen molar-refractivity contribution >= 4 is 5.97 Å². The summed E-state index contributed by atoms with van der Waals surface area (Å²) in [6.07, 6.45) is 5.31. The Labute approximate surface area is 126 Å². The van der Waals surface area contributed by atoms with E-state index in [4.69, 9.17) is 15.9 Å². The van der Waals surface area contributed by atoms with Gasteiger partial charge in [-0.05, 0) is 48.5 Å². The van der Waals surface area contributed by atoms with Crippen LogP contribution in [-0.2, 0) is 0 Å². The molecular formula is C17H10N2O3. The fourth-order valence-corrected chi connectivity index (χ4v) is 1.92. The minimum absolute atomic E-state index is 0.202. The molecule has 0 spiro atoms. The molecule has 0 radical (unpaired) electrons. The second kappa shape index (κ2) is 5.54. The molecule has 0 amide bonds. The van der Waals surface area contributed by atoms with Crippen LogP contribution in [0, 0.1) is 12.3 Å². The lowest BCUT2D eigenvalue weighted by molar-refractivity contribution is 0.0697. The van der Waals surface area contributed by atoms with E-state index in [2.05, 4.69) is 16.1 Å². The lowest BCUT2D eigenvalue weighted by Crippen LogP contribution is -1.94. The van der Waals surface area contributed by atoms with Gasteiger partial charge in [0.25, 0.3) is 0 Å². The molecule has 3 aromatic rings. The van der Waals surface area contributed by atoms with E-state index in [1.54, 1.807) is 36.4 Å². The number of carboxylic acids is 1. The number of benzene rings is 2. The summed E-state index contributed by atoms with van der Waals surface area (Å²) in [4.78, 5) is 10.8. The van der Waals surface area contributed by atoms with Gasteiger partial charge in [-0.3, -0.25) is 0 Å². The first-order valence-electron chi connectivity index (χ1n) is 6.41. The summed E-state index contributed by atoms with van der Waals surface area (Å²) in [6, 6.07) is 13.4. The largest absolute Gasteiger partial charge is 0.478 e. The van der Waals surface area contributed by atoms with Gasteiger partial charge in [0.15, 0.2) is 0 Å². The molecule has 0 aliphatic carbocycles. The third-order valence-corrected chi connectivity index (χ3v) is 3.10. The van der Waals surface area contributed by atoms with Crippen molar-refractivity contribution in [2.24, 2.45) is 0 Å². The van der Waals surface area contributed by atoms with Crippen LogP contribution in [0.25, 0.3) is 22.9 Å². The average Bonchev–Trinajstić information content (AvgIpc) is 3.05. The van der Waals surface area contributed by atoms with Gasteiger partial charge in [0, 0.05) is 16.7 Å². The molecular weight excluding hydrogens is 280 g/mol. The van der Waals surface area contributed by atoms with E-state index in [-0.39, 0.29) is 5.56 Å². The Morgan fingerprint density at radius 3 is 1.91 bits per heavy atom. The van der Waals surface area contributed by atoms with Crippen molar-refractivity contribution in [3.05, 3.63) is 59.7 Å². The first-order chi connectivity index (χ1) is 10.7. The van der Waals surface area contributed by atoms with E-state index in [1.165, 1.54) is 12.1 Å². The Morgan fingerprint density at radius 2 is 1.45 bits per heavy atom. The molecule has 3 rings (SSSR count). The first kappa shape index (κ1) is 13.6. The fourth-order valence-electron chi connectivity index (χ4n) is 1.92. The van der Waals surface area contributed by atoms with Crippen molar-refractivity contribution in [3.63, 3.8) is 0 Å². The molecule has 0 fully saturated rings. The maximum atomic E-state index is 10.8. The molecule has 22 heavy (non-hydrogen) atoms. The number of aromatic nitrogens is 2. The fraction of sp³-hybridized carbons (Fsp3) is 0. The van der Waals surface area contributed by atoms with Crippen molar-refractivity contribution in [2.75, 3.05) is 0 Å². The monoisotopic (exact) mass is 290 g/mol. The minimum atomic E-state index is -0.980. The van der Waals surface area contributed by atoms with Crippen LogP contribution in [0.4, 0.5) is 0 Å². The Bertz CT molecular complexity index is 856. The topological polar surface area (TPSA) is 76.2 Å². The Hall–Kier alpha value is -3.39. The second-order valence-corrected chi connectivity index (χ2v) is 4.52. The van der Waals surface area contributed by atoms with Gasteiger partial charge < -0.3 is 9.52 Å². The lowest BCUT2D eigenvalue weighted by Gasteiger charge is -1.97. The molecule has 1 aromatic heterocycles. The van der Waals surface area contributed by atoms with Crippen LogP contribution < -0.4 is 0 Å². The van der Waals surface area contributed by atoms with Crippen LogP contribution in [0.2, 0.25) is 0 Å². The van der Waals surface area contributed by atoms with Crippen LogP contribution in [0.1, 0.15) is 15.9 Å². The lowest BCUT2D eigenvalue weighted by atomic mass is 10.1. The zero-order chi connectivity index (χ0) is 15.5. The van der Waals surface area contributed by atoms with Gasteiger partial charge in [0.2, 0.25) is 11.8 Å². The van der Waals surface area contributed by atoms with Crippen molar-refractivity contribution in [1.82, 2.24) is 10.2 Å². The highest BCUT2D eigenvalue weighted by molar-refractivity contribution is 5.88. The number of nitrogens with zero attached hydrogens (tertiary/aromatic N) is 2. The molecule has 1 N–H and O–H groups in total. The van der Waals surface area contributed by atoms with Crippen molar-refractivity contribution in [2.45, 2.75) is 0 Å². The van der Waals surface area contributed by atoms with Crippen LogP contribution in [0.3, 0.4) is 0 Å². The summed E-state index contributed by atoms with van der Waals surface area (Å²) in [5.41, 5.74) is 2.39. The third kappa shape index (κ3) is 2.58. The van der Waals surface area contributed by atoms with Gasteiger partial charge in [-0.15, -0.1) is 16.6 Å². The summed E-state index contributed by atoms with van der Waals surface area (Å²) < 4.78 is 5.61. The molecule has 1 heterocycles. The van der Waals surface area contributed by atoms with E-state index < -0.39 is 5.97 Å². The predicted molar refractivity (Wildman–Crippen MR) is 80.1 cm³/mol. The minimum Gasteiger partial charge on any atom is -0.478 e. The Morgan fingerprint density at radius 1 is 0.955 bits per heavy atom. The predicted octanol–water partition coefficient (Wildman–Crippen LogP) is 3.08. The molecule has 0 atom stereocenters. The second-order valence-electron chi connectivity index (χ2n) is 4.52. The van der Waals surface area contributed by atoms with Crippen molar-refractivity contribution in [3.8, 4) is 35.3 Å². The SMILES string of the molecule is C#Cc1ccc(-c2nnc(-c3ccc(C(=O)O)cc3)o2)cc1. The molecule has 5 nitrogen and oxygen atoms in total. The van der Waals surface area contributed by atoms with E-state index in [0.717, 1.165) is 11.1 Å². The van der Waals surface area contributed by atoms with Crippen LogP contribution in [0.5, 0.6) is 0 Å². The summed E-state index contributed by atoms with van der Waals surface area (Å²) in [5, 5.41) is 16.8. The zero-order valence-electron chi connectivity index (χ0n) is 11.4. The van der Waals surface area contributed by atoms with Crippen LogP contribution in [-0.4, -0.2) is 21.3 Å². The summed E-state index contributed by atoms with van der Waals surface area (Å²) >= 11 is 0. The number of carboxylic acid groups (broad SMARTS) is 1. The Balaban J connectivity index is 1.89. The van der Waals surface area contributed by atoms with E-state index >= 15 is 0 Å². The molecule has 0 saturated carbocycles. The van der Waals surface area contributed by atoms with Gasteiger partial charge in [0.05, 0.1) is 5.56 Å². The van der Waals surface area contributed by atoms with Gasteiger partial charge in [-0.1, -0.05) is 5.92 Å². The highest BCUT2D eigenvalue weighted by Crippen LogP contribution is 2.24. The Kier molecular flexibility index (Phi) is 3.42. The van der Waals surface area contributed by atoms with Gasteiger partial charge in [-0.2, -0.15) is 0 Å². The van der Waals surface area contributed by atoms with Gasteiger partial charge in [-0.25, -0.2) is 4.79 Å². The maximum absolute atomic E-state index is 10.8. The van der Waals surface area contributed by atoms with E-state index in [1.807, 2.05) is 0 Å². The number of hydrogen-bond acceptors (Lipinski definition) is 4. The summed E-state index contributed by atoms with van der Waals surface area (Å²) in [7, 11) is 0. The number of hydrogen-bond donors (Lipinski definition) is 1. The normalized spacial score (nSPS) is 10.1. The maximum Gasteiger partial charge on any atom is 0.335 e. The average molecular weight is 290 g/mol. The molecule has 0 aliphatic rings. The highest BCUT2D eigenvalue weighted by Gasteiger charge is 2.11. The smallest absolute Gasteiger partial charge is 0.335 e. The van der Waals surface area contributed by atoms with Crippen molar-refractivity contribution < 1.29 is 14.3 Å². The number of terminal acetylenes is 1. The van der Waals surface area contributed by atoms with Crippen molar-refractivity contribution in [1.29, 1.82) is 0 Å². The van der Waals surface area contributed by atoms with Gasteiger partial charge in [0.1, 0.15) is 0 Å². The molecule has 5 heteroatoms. The summed E-state index contributed by atoms with van der Waals surface area (Å²) in [5.74, 6) is 2.26. The number of rotatable bonds is 3. The number of aromatic carboxylic acids is 1. The first-order valence-corrected chi connectivity index (χ1v) is 6.41. The molecule has 0 unspecified atom stereocenters. The standard InChI is InChI=1S/C17H10N2O3/c1-2-11-3-5-12(6-4-11)15-18-19-16(22-15)13-7-9-14(10-8-13)17(20)21/h1,3-10H,(H,20,21). The highest BCUT2D eigenvalue weighted by atomic mass is 16.4. The number of carbonyl (C=O) groups is 1. The van der Waals surface area contributed by atoms with Crippen LogP contribution >= 0.6 is 0 Å². The molecule has 0 saturated heterocycles. The quantitative estimate of drug-likeness (QED) is 0.750. The van der Waals surface area contributed by atoms with E-state index in [9.17, 15) is 4.79 Å². The molecule has 0 aliphatic heterocycles. The third-order valence-electron chi connectivity index (χ3n) is 3.10. The molecule has 0 bridgehead atoms. The van der Waals surface area contributed by atoms with Gasteiger partial charge >= 0.3 is 5.97 Å². The van der Waals surface area contributed by atoms with Crippen LogP contribution in [0.15, 0.2) is 52.9 Å². The molecule has 2 aromatic carbocycles. The molecule has 106 valence electrons. The zero-order valence-corrected chi connectivity index (χ0v) is 11.4.